The van der Waals surface area contributed by atoms with E-state index in [1.54, 1.807) is 24.3 Å². The lowest BCUT2D eigenvalue weighted by atomic mass is 9.84. The third kappa shape index (κ3) is 4.75. The Kier molecular flexibility index (Phi) is 5.99. The molecule has 25 heavy (non-hydrogen) atoms. The quantitative estimate of drug-likeness (QED) is 0.435. The molecule has 134 valence electrons. The van der Waals surface area contributed by atoms with Crippen LogP contribution in [0.1, 0.15) is 24.8 Å². The number of piperidine rings is 1. The molecule has 0 saturated carbocycles. The minimum atomic E-state index is -0.755. The third-order valence-corrected chi connectivity index (χ3v) is 5.62. The van der Waals surface area contributed by atoms with Crippen LogP contribution >= 0.6 is 15.9 Å². The van der Waals surface area contributed by atoms with Gasteiger partial charge in [-0.05, 0) is 42.7 Å². The van der Waals surface area contributed by atoms with Gasteiger partial charge in [0, 0.05) is 19.5 Å². The van der Waals surface area contributed by atoms with Gasteiger partial charge in [-0.2, -0.15) is 0 Å². The molecule has 2 aromatic carbocycles. The Hall–Kier alpha value is -1.56. The van der Waals surface area contributed by atoms with Gasteiger partial charge >= 0.3 is 0 Å². The van der Waals surface area contributed by atoms with Crippen LogP contribution in [-0.2, 0) is 5.60 Å². The Morgan fingerprint density at radius 1 is 1.12 bits per heavy atom. The first-order valence-corrected chi connectivity index (χ1v) is 9.56. The van der Waals surface area contributed by atoms with E-state index in [1.165, 1.54) is 0 Å². The summed E-state index contributed by atoms with van der Waals surface area (Å²) >= 11 is 3.73. The lowest BCUT2D eigenvalue weighted by molar-refractivity contribution is -0.0325. The van der Waals surface area contributed by atoms with Gasteiger partial charge in [-0.25, -0.2) is 0 Å². The van der Waals surface area contributed by atoms with Gasteiger partial charge in [0.15, 0.2) is 0 Å². The number of aromatic hydroxyl groups is 1. The van der Waals surface area contributed by atoms with Crippen molar-refractivity contribution in [2.75, 3.05) is 19.7 Å². The number of halogens is 1. The topological polar surface area (TPSA) is 52.9 Å². The Morgan fingerprint density at radius 2 is 1.84 bits per heavy atom. The van der Waals surface area contributed by atoms with Crippen molar-refractivity contribution in [3.05, 3.63) is 60.2 Å². The zero-order chi connectivity index (χ0) is 17.7. The summed E-state index contributed by atoms with van der Waals surface area (Å²) in [6, 6.07) is 16.7. The SMILES string of the molecule is Oc1ccc(OCCCN2CCC(O)(c3ccccc3)CC2Br)cc1. The van der Waals surface area contributed by atoms with Crippen molar-refractivity contribution in [2.24, 2.45) is 0 Å². The van der Waals surface area contributed by atoms with Gasteiger partial charge in [-0.1, -0.05) is 46.3 Å². The van der Waals surface area contributed by atoms with Gasteiger partial charge in [0.2, 0.25) is 0 Å². The minimum absolute atomic E-state index is 0.153. The fraction of sp³-hybridized carbons (Fsp3) is 0.400. The summed E-state index contributed by atoms with van der Waals surface area (Å²) in [5.41, 5.74) is 0.240. The number of hydrogen-bond donors (Lipinski definition) is 2. The zero-order valence-electron chi connectivity index (χ0n) is 14.1. The van der Waals surface area contributed by atoms with Crippen LogP contribution in [0.2, 0.25) is 0 Å². The molecule has 4 nitrogen and oxygen atoms in total. The molecule has 1 saturated heterocycles. The van der Waals surface area contributed by atoms with Crippen molar-refractivity contribution in [3.63, 3.8) is 0 Å². The molecule has 2 aromatic rings. The summed E-state index contributed by atoms with van der Waals surface area (Å²) in [7, 11) is 0. The van der Waals surface area contributed by atoms with E-state index in [0.717, 1.165) is 37.2 Å². The lowest BCUT2D eigenvalue weighted by Gasteiger charge is -2.42. The van der Waals surface area contributed by atoms with Crippen LogP contribution in [0.15, 0.2) is 54.6 Å². The van der Waals surface area contributed by atoms with Crippen LogP contribution in [0.5, 0.6) is 11.5 Å². The molecule has 2 unspecified atom stereocenters. The van der Waals surface area contributed by atoms with Crippen molar-refractivity contribution < 1.29 is 14.9 Å². The molecule has 1 aliphatic rings. The average Bonchev–Trinajstić information content (AvgIpc) is 2.62. The van der Waals surface area contributed by atoms with E-state index in [4.69, 9.17) is 4.74 Å². The maximum absolute atomic E-state index is 11.0. The fourth-order valence-corrected chi connectivity index (χ4v) is 4.19. The number of aliphatic hydroxyl groups is 1. The van der Waals surface area contributed by atoms with Crippen molar-refractivity contribution in [2.45, 2.75) is 29.8 Å². The summed E-state index contributed by atoms with van der Waals surface area (Å²) in [4.78, 5) is 2.50. The number of phenols is 1. The van der Waals surface area contributed by atoms with Crippen LogP contribution in [-0.4, -0.2) is 39.8 Å². The maximum atomic E-state index is 11.0. The molecule has 0 aliphatic carbocycles. The van der Waals surface area contributed by atoms with Gasteiger partial charge in [-0.3, -0.25) is 4.90 Å². The largest absolute Gasteiger partial charge is 0.508 e. The van der Waals surface area contributed by atoms with Crippen molar-refractivity contribution >= 4 is 15.9 Å². The molecule has 5 heteroatoms. The maximum Gasteiger partial charge on any atom is 0.119 e. The predicted octanol–water partition coefficient (Wildman–Crippen LogP) is 3.87. The first-order chi connectivity index (χ1) is 12.1. The van der Waals surface area contributed by atoms with Crippen LogP contribution < -0.4 is 4.74 Å². The van der Waals surface area contributed by atoms with E-state index in [2.05, 4.69) is 20.8 Å². The Balaban J connectivity index is 1.45. The van der Waals surface area contributed by atoms with E-state index in [-0.39, 0.29) is 10.7 Å². The van der Waals surface area contributed by atoms with Gasteiger partial charge in [0.25, 0.3) is 0 Å². The molecule has 1 fully saturated rings. The molecule has 0 aromatic heterocycles. The number of ether oxygens (including phenoxy) is 1. The summed E-state index contributed by atoms with van der Waals surface area (Å²) in [5.74, 6) is 1.01. The van der Waals surface area contributed by atoms with E-state index >= 15 is 0 Å². The van der Waals surface area contributed by atoms with Gasteiger partial charge < -0.3 is 14.9 Å². The number of likely N-dealkylation sites (tertiary alicyclic amines) is 1. The molecular formula is C20H24BrNO3. The van der Waals surface area contributed by atoms with Crippen LogP contribution in [0.25, 0.3) is 0 Å². The smallest absolute Gasteiger partial charge is 0.119 e. The number of nitrogens with zero attached hydrogens (tertiary/aromatic N) is 1. The molecule has 2 N–H and O–H groups in total. The third-order valence-electron chi connectivity index (χ3n) is 4.72. The monoisotopic (exact) mass is 405 g/mol. The van der Waals surface area contributed by atoms with E-state index < -0.39 is 5.60 Å². The van der Waals surface area contributed by atoms with Crippen LogP contribution in [0.3, 0.4) is 0 Å². The highest BCUT2D eigenvalue weighted by molar-refractivity contribution is 9.09. The standard InChI is InChI=1S/C20H24BrNO3/c21-19-15-20(24,16-5-2-1-3-6-16)11-13-22(19)12-4-14-25-18-9-7-17(23)8-10-18/h1-3,5-10,19,23-24H,4,11-15H2. The highest BCUT2D eigenvalue weighted by atomic mass is 79.9. The number of rotatable bonds is 6. The normalized spacial score (nSPS) is 24.2. The molecule has 1 heterocycles. The second kappa shape index (κ2) is 8.21. The molecule has 2 atom stereocenters. The van der Waals surface area contributed by atoms with Gasteiger partial charge in [0.1, 0.15) is 11.5 Å². The second-order valence-corrected chi connectivity index (χ2v) is 7.58. The van der Waals surface area contributed by atoms with E-state index in [0.29, 0.717) is 13.0 Å². The summed E-state index contributed by atoms with van der Waals surface area (Å²) < 4.78 is 5.70. The minimum Gasteiger partial charge on any atom is -0.508 e. The Labute approximate surface area is 157 Å². The second-order valence-electron chi connectivity index (χ2n) is 6.52. The van der Waals surface area contributed by atoms with Gasteiger partial charge in [0.05, 0.1) is 17.2 Å². The molecular weight excluding hydrogens is 382 g/mol. The number of phenolic OH excluding ortho intramolecular Hbond substituents is 1. The summed E-state index contributed by atoms with van der Waals surface area (Å²) in [6.07, 6.45) is 2.32. The average molecular weight is 406 g/mol. The van der Waals surface area contributed by atoms with Crippen molar-refractivity contribution in [1.82, 2.24) is 4.90 Å². The van der Waals surface area contributed by atoms with Crippen LogP contribution in [0.4, 0.5) is 0 Å². The van der Waals surface area contributed by atoms with Gasteiger partial charge in [-0.15, -0.1) is 0 Å². The first kappa shape index (κ1) is 18.2. The lowest BCUT2D eigenvalue weighted by Crippen LogP contribution is -2.47. The molecule has 0 amide bonds. The molecule has 0 bridgehead atoms. The fourth-order valence-electron chi connectivity index (χ4n) is 3.24. The predicted molar refractivity (Wildman–Crippen MR) is 102 cm³/mol. The summed E-state index contributed by atoms with van der Waals surface area (Å²) in [6.45, 7) is 2.39. The van der Waals surface area contributed by atoms with E-state index in [9.17, 15) is 10.2 Å². The molecule has 1 aliphatic heterocycles. The molecule has 3 rings (SSSR count). The van der Waals surface area contributed by atoms with Crippen molar-refractivity contribution in [3.8, 4) is 11.5 Å². The molecule has 0 radical (unpaired) electrons. The van der Waals surface area contributed by atoms with Crippen LogP contribution in [0, 0.1) is 0 Å². The zero-order valence-corrected chi connectivity index (χ0v) is 15.7. The summed E-state index contributed by atoms with van der Waals surface area (Å²) in [5, 5.41) is 20.2. The number of hydrogen-bond acceptors (Lipinski definition) is 4. The Morgan fingerprint density at radius 3 is 2.52 bits per heavy atom. The van der Waals surface area contributed by atoms with E-state index in [1.807, 2.05) is 30.3 Å². The highest BCUT2D eigenvalue weighted by Gasteiger charge is 2.38. The molecule has 0 spiro atoms. The highest BCUT2D eigenvalue weighted by Crippen LogP contribution is 2.37. The Bertz CT molecular complexity index is 664. The first-order valence-electron chi connectivity index (χ1n) is 8.65. The number of alkyl halides is 1. The van der Waals surface area contributed by atoms with Crippen molar-refractivity contribution in [1.29, 1.82) is 0 Å². The number of benzene rings is 2.